The van der Waals surface area contributed by atoms with Crippen molar-refractivity contribution in [2.75, 3.05) is 11.1 Å². The summed E-state index contributed by atoms with van der Waals surface area (Å²) in [6, 6.07) is 13.9. The van der Waals surface area contributed by atoms with E-state index in [1.54, 1.807) is 12.3 Å². The summed E-state index contributed by atoms with van der Waals surface area (Å²) in [5.74, 6) is 2.19. The second kappa shape index (κ2) is 8.00. The molecule has 0 radical (unpaired) electrons. The quantitative estimate of drug-likeness (QED) is 0.377. The summed E-state index contributed by atoms with van der Waals surface area (Å²) in [5, 5.41) is 14.8. The zero-order valence-electron chi connectivity index (χ0n) is 17.5. The largest absolute Gasteiger partial charge is 0.490 e. The lowest BCUT2D eigenvalue weighted by Crippen LogP contribution is -2.32. The molecule has 1 heterocycles. The number of hydrogen-bond donors (Lipinski definition) is 3. The third kappa shape index (κ3) is 3.81. The summed E-state index contributed by atoms with van der Waals surface area (Å²) in [6.07, 6.45) is 4.02. The molecule has 6 heteroatoms. The van der Waals surface area contributed by atoms with Crippen molar-refractivity contribution < 1.29 is 14.2 Å². The second-order valence-electron chi connectivity index (χ2n) is 8.84. The van der Waals surface area contributed by atoms with E-state index in [0.717, 1.165) is 30.5 Å². The SMILES string of the molecule is CCC(C(O)Nc1ccccc1N)C1[C@H]2CC(Oc3ccnc4ccc(F)cc34)C[C@@H]12. The van der Waals surface area contributed by atoms with Gasteiger partial charge in [0.2, 0.25) is 0 Å². The van der Waals surface area contributed by atoms with Crippen molar-refractivity contribution in [3.8, 4) is 5.75 Å². The van der Waals surface area contributed by atoms with Crippen LogP contribution in [0.3, 0.4) is 0 Å². The van der Waals surface area contributed by atoms with Crippen molar-refractivity contribution in [1.82, 2.24) is 4.98 Å². The summed E-state index contributed by atoms with van der Waals surface area (Å²) >= 11 is 0. The number of hydrogen-bond acceptors (Lipinski definition) is 5. The number of pyridine rings is 1. The maximum absolute atomic E-state index is 13.7. The lowest BCUT2D eigenvalue weighted by molar-refractivity contribution is 0.0987. The van der Waals surface area contributed by atoms with Crippen molar-refractivity contribution in [3.63, 3.8) is 0 Å². The summed E-state index contributed by atoms with van der Waals surface area (Å²) in [5.41, 5.74) is 8.17. The highest BCUT2D eigenvalue weighted by Gasteiger charge is 2.60. The van der Waals surface area contributed by atoms with Gasteiger partial charge in [0.15, 0.2) is 0 Å². The van der Waals surface area contributed by atoms with E-state index in [1.165, 1.54) is 12.1 Å². The molecular weight excluding hydrogens is 393 g/mol. The molecule has 0 saturated heterocycles. The number of aliphatic hydroxyl groups excluding tert-OH is 1. The molecule has 1 aromatic heterocycles. The molecule has 2 aliphatic carbocycles. The van der Waals surface area contributed by atoms with Crippen molar-refractivity contribution in [1.29, 1.82) is 0 Å². The predicted molar refractivity (Wildman–Crippen MR) is 120 cm³/mol. The minimum absolute atomic E-state index is 0.118. The molecule has 2 aliphatic rings. The molecule has 0 spiro atoms. The highest BCUT2D eigenvalue weighted by Crippen LogP contribution is 2.62. The number of halogens is 1. The van der Waals surface area contributed by atoms with Crippen LogP contribution < -0.4 is 15.8 Å². The topological polar surface area (TPSA) is 80.4 Å². The smallest absolute Gasteiger partial charge is 0.130 e. The first kappa shape index (κ1) is 20.1. The number of nitrogens with zero attached hydrogens (tertiary/aromatic N) is 1. The van der Waals surface area contributed by atoms with Crippen LogP contribution in [0.1, 0.15) is 26.2 Å². The van der Waals surface area contributed by atoms with Gasteiger partial charge in [0.05, 0.1) is 23.0 Å². The minimum Gasteiger partial charge on any atom is -0.490 e. The van der Waals surface area contributed by atoms with Crippen LogP contribution in [-0.4, -0.2) is 22.4 Å². The van der Waals surface area contributed by atoms with Gasteiger partial charge in [-0.3, -0.25) is 4.98 Å². The van der Waals surface area contributed by atoms with Gasteiger partial charge in [-0.2, -0.15) is 0 Å². The van der Waals surface area contributed by atoms with Crippen LogP contribution in [0.5, 0.6) is 5.75 Å². The van der Waals surface area contributed by atoms with Gasteiger partial charge >= 0.3 is 0 Å². The van der Waals surface area contributed by atoms with Gasteiger partial charge in [0.25, 0.3) is 0 Å². The number of fused-ring (bicyclic) bond motifs is 2. The highest BCUT2D eigenvalue weighted by atomic mass is 19.1. The number of anilines is 2. The van der Waals surface area contributed by atoms with Crippen LogP contribution in [0, 0.1) is 29.5 Å². The van der Waals surface area contributed by atoms with Crippen LogP contribution >= 0.6 is 0 Å². The van der Waals surface area contributed by atoms with Crippen molar-refractivity contribution in [2.45, 2.75) is 38.5 Å². The van der Waals surface area contributed by atoms with Gasteiger partial charge < -0.3 is 20.9 Å². The zero-order chi connectivity index (χ0) is 21.5. The van der Waals surface area contributed by atoms with Crippen molar-refractivity contribution >= 4 is 22.3 Å². The molecule has 2 aromatic carbocycles. The van der Waals surface area contributed by atoms with Crippen molar-refractivity contribution in [3.05, 3.63) is 60.5 Å². The van der Waals surface area contributed by atoms with E-state index in [2.05, 4.69) is 17.2 Å². The van der Waals surface area contributed by atoms with E-state index >= 15 is 0 Å². The van der Waals surface area contributed by atoms with E-state index in [4.69, 9.17) is 10.5 Å². The number of nitrogen functional groups attached to an aromatic ring is 1. The molecule has 162 valence electrons. The minimum atomic E-state index is -0.628. The second-order valence-corrected chi connectivity index (χ2v) is 8.84. The molecule has 4 N–H and O–H groups in total. The third-order valence-electron chi connectivity index (χ3n) is 7.06. The molecule has 6 atom stereocenters. The maximum Gasteiger partial charge on any atom is 0.130 e. The Bertz CT molecular complexity index is 1080. The van der Waals surface area contributed by atoms with Gasteiger partial charge in [-0.15, -0.1) is 0 Å². The highest BCUT2D eigenvalue weighted by molar-refractivity contribution is 5.84. The summed E-state index contributed by atoms with van der Waals surface area (Å²) in [4.78, 5) is 4.30. The van der Waals surface area contributed by atoms with Crippen LogP contribution in [0.2, 0.25) is 0 Å². The van der Waals surface area contributed by atoms with Crippen LogP contribution in [0.25, 0.3) is 10.9 Å². The fraction of sp³-hybridized carbons (Fsp3) is 0.400. The first-order chi connectivity index (χ1) is 15.0. The zero-order valence-corrected chi connectivity index (χ0v) is 17.5. The van der Waals surface area contributed by atoms with Gasteiger partial charge in [0.1, 0.15) is 17.8 Å². The van der Waals surface area contributed by atoms with E-state index < -0.39 is 6.23 Å². The van der Waals surface area contributed by atoms with Crippen molar-refractivity contribution in [2.24, 2.45) is 23.7 Å². The first-order valence-corrected chi connectivity index (χ1v) is 11.0. The monoisotopic (exact) mass is 421 g/mol. The number of aromatic nitrogens is 1. The molecule has 4 unspecified atom stereocenters. The van der Waals surface area contributed by atoms with Gasteiger partial charge in [-0.25, -0.2) is 4.39 Å². The van der Waals surface area contributed by atoms with Gasteiger partial charge in [-0.1, -0.05) is 19.1 Å². The molecule has 31 heavy (non-hydrogen) atoms. The number of aliphatic hydroxyl groups is 1. The Balaban J connectivity index is 1.22. The molecule has 2 fully saturated rings. The Morgan fingerprint density at radius 2 is 1.97 bits per heavy atom. The van der Waals surface area contributed by atoms with E-state index in [-0.39, 0.29) is 17.8 Å². The number of ether oxygens (including phenoxy) is 1. The molecule has 0 amide bonds. The number of nitrogens with two attached hydrogens (primary N) is 1. The maximum atomic E-state index is 13.7. The van der Waals surface area contributed by atoms with E-state index in [9.17, 15) is 9.50 Å². The van der Waals surface area contributed by atoms with Crippen LogP contribution in [0.4, 0.5) is 15.8 Å². The molecule has 0 bridgehead atoms. The lowest BCUT2D eigenvalue weighted by Gasteiger charge is -2.27. The first-order valence-electron chi connectivity index (χ1n) is 11.0. The predicted octanol–water partition coefficient (Wildman–Crippen LogP) is 4.82. The summed E-state index contributed by atoms with van der Waals surface area (Å²) in [6.45, 7) is 2.13. The van der Waals surface area contributed by atoms with Gasteiger partial charge in [0, 0.05) is 17.5 Å². The summed E-state index contributed by atoms with van der Waals surface area (Å²) < 4.78 is 20.0. The Morgan fingerprint density at radius 3 is 2.71 bits per heavy atom. The number of para-hydroxylation sites is 2. The molecule has 2 saturated carbocycles. The standard InChI is InChI=1S/C25H28FN3O2/c1-2-16(25(30)29-22-6-4-3-5-20(22)27)24-17-12-15(13-18(17)24)31-23-9-10-28-21-8-7-14(26)11-19(21)23/h3-11,15-18,24-25,29-30H,2,12-13,27H2,1H3/t15?,16?,17-,18+,24?,25?. The molecule has 3 aromatic rings. The Hall–Kier alpha value is -2.86. The van der Waals surface area contributed by atoms with E-state index in [1.807, 2.05) is 30.3 Å². The van der Waals surface area contributed by atoms with E-state index in [0.29, 0.717) is 34.6 Å². The average molecular weight is 422 g/mol. The Labute approximate surface area is 181 Å². The fourth-order valence-electron chi connectivity index (χ4n) is 5.55. The number of benzene rings is 2. The molecule has 0 aliphatic heterocycles. The fourth-order valence-corrected chi connectivity index (χ4v) is 5.55. The Morgan fingerprint density at radius 1 is 1.19 bits per heavy atom. The molecule has 5 nitrogen and oxygen atoms in total. The van der Waals surface area contributed by atoms with Gasteiger partial charge in [-0.05, 0) is 73.4 Å². The summed E-state index contributed by atoms with van der Waals surface area (Å²) in [7, 11) is 0. The normalized spacial score (nSPS) is 26.3. The average Bonchev–Trinajstić information content (AvgIpc) is 3.23. The molecular formula is C25H28FN3O2. The number of nitrogens with one attached hydrogen (secondary N) is 1. The van der Waals surface area contributed by atoms with Crippen LogP contribution in [0.15, 0.2) is 54.7 Å². The van der Waals surface area contributed by atoms with Crippen LogP contribution in [-0.2, 0) is 0 Å². The third-order valence-corrected chi connectivity index (χ3v) is 7.06. The number of rotatable bonds is 7. The molecule has 5 rings (SSSR count). The Kier molecular flexibility index (Phi) is 5.18. The lowest BCUT2D eigenvalue weighted by atomic mass is 9.92.